The first-order chi connectivity index (χ1) is 9.33. The highest BCUT2D eigenvalue weighted by atomic mass is 16.5. The van der Waals surface area contributed by atoms with Crippen LogP contribution in [0.2, 0.25) is 0 Å². The third kappa shape index (κ3) is 2.83. The number of carbonyl (C=O) groups excluding carboxylic acids is 1. The number of urea groups is 1. The lowest BCUT2D eigenvalue weighted by Gasteiger charge is -2.23. The molecule has 0 saturated carbocycles. The van der Waals surface area contributed by atoms with Gasteiger partial charge in [-0.05, 0) is 31.0 Å². The summed E-state index contributed by atoms with van der Waals surface area (Å²) in [7, 11) is 0. The Morgan fingerprint density at radius 1 is 1.16 bits per heavy atom. The molecule has 0 aliphatic carbocycles. The first-order valence-electron chi connectivity index (χ1n) is 6.99. The molecule has 1 aromatic carbocycles. The summed E-state index contributed by atoms with van der Waals surface area (Å²) in [6, 6.07) is 10.7. The predicted molar refractivity (Wildman–Crippen MR) is 72.1 cm³/mol. The van der Waals surface area contributed by atoms with Crippen molar-refractivity contribution in [2.75, 3.05) is 26.2 Å². The molecule has 1 aromatic rings. The first kappa shape index (κ1) is 12.3. The summed E-state index contributed by atoms with van der Waals surface area (Å²) in [4.78, 5) is 16.1. The first-order valence-corrected chi connectivity index (χ1v) is 6.99. The van der Waals surface area contributed by atoms with Gasteiger partial charge >= 0.3 is 6.03 Å². The summed E-state index contributed by atoms with van der Waals surface area (Å²) >= 11 is 0. The Kier molecular flexibility index (Phi) is 3.58. The monoisotopic (exact) mass is 259 g/mol. The van der Waals surface area contributed by atoms with Crippen LogP contribution in [-0.2, 0) is 0 Å². The average Bonchev–Trinajstić information content (AvgIpc) is 3.10. The number of carbonyl (C=O) groups is 1. The maximum Gasteiger partial charge on any atom is 0.320 e. The van der Waals surface area contributed by atoms with Crippen molar-refractivity contribution in [3.05, 3.63) is 30.3 Å². The molecule has 1 atom stereocenters. The molecule has 101 valence electrons. The number of rotatable bonds is 2. The van der Waals surface area contributed by atoms with Crippen LogP contribution in [0.4, 0.5) is 4.79 Å². The Hall–Kier alpha value is -1.71. The molecule has 4 heteroatoms. The molecule has 4 nitrogen and oxygen atoms in total. The van der Waals surface area contributed by atoms with Gasteiger partial charge in [0.05, 0.1) is 6.54 Å². The zero-order valence-electron chi connectivity index (χ0n) is 11.0. The lowest BCUT2D eigenvalue weighted by atomic mass is 10.3. The second-order valence-electron chi connectivity index (χ2n) is 5.19. The van der Waals surface area contributed by atoms with Crippen LogP contribution in [0.15, 0.2) is 24.3 Å². The minimum absolute atomic E-state index is 0.119. The number of amides is 2. The molecule has 1 unspecified atom stereocenters. The number of ether oxygens (including phenoxy) is 1. The Labute approximate surface area is 113 Å². The minimum Gasteiger partial charge on any atom is -0.489 e. The SMILES string of the molecule is O=C(N1CCCC1)N1CCC(Oc2cc[c]cc2)C1. The van der Waals surface area contributed by atoms with Gasteiger partial charge in [0, 0.05) is 26.1 Å². The fraction of sp³-hybridized carbons (Fsp3) is 0.533. The number of hydrogen-bond acceptors (Lipinski definition) is 2. The van der Waals surface area contributed by atoms with Crippen molar-refractivity contribution >= 4 is 6.03 Å². The van der Waals surface area contributed by atoms with E-state index < -0.39 is 0 Å². The van der Waals surface area contributed by atoms with E-state index in [-0.39, 0.29) is 12.1 Å². The maximum absolute atomic E-state index is 12.2. The quantitative estimate of drug-likeness (QED) is 0.815. The normalized spacial score (nSPS) is 22.8. The largest absolute Gasteiger partial charge is 0.489 e. The van der Waals surface area contributed by atoms with Crippen LogP contribution >= 0.6 is 0 Å². The van der Waals surface area contributed by atoms with E-state index in [0.29, 0.717) is 6.54 Å². The van der Waals surface area contributed by atoms with Crippen molar-refractivity contribution in [2.24, 2.45) is 0 Å². The maximum atomic E-state index is 12.2. The van der Waals surface area contributed by atoms with Gasteiger partial charge in [-0.1, -0.05) is 12.1 Å². The summed E-state index contributed by atoms with van der Waals surface area (Å²) in [5.74, 6) is 0.860. The second kappa shape index (κ2) is 5.51. The third-order valence-corrected chi connectivity index (χ3v) is 3.78. The van der Waals surface area contributed by atoms with Crippen molar-refractivity contribution in [2.45, 2.75) is 25.4 Å². The van der Waals surface area contributed by atoms with Gasteiger partial charge in [0.1, 0.15) is 11.9 Å². The molecule has 2 saturated heterocycles. The number of nitrogens with zero attached hydrogens (tertiary/aromatic N) is 2. The lowest BCUT2D eigenvalue weighted by molar-refractivity contribution is 0.160. The number of likely N-dealkylation sites (tertiary alicyclic amines) is 2. The van der Waals surface area contributed by atoms with Gasteiger partial charge in [0.2, 0.25) is 0 Å². The van der Waals surface area contributed by atoms with Crippen LogP contribution in [0, 0.1) is 6.07 Å². The van der Waals surface area contributed by atoms with Gasteiger partial charge in [0.15, 0.2) is 0 Å². The van der Waals surface area contributed by atoms with E-state index in [4.69, 9.17) is 4.74 Å². The van der Waals surface area contributed by atoms with Gasteiger partial charge in [-0.3, -0.25) is 0 Å². The molecule has 2 aliphatic rings. The fourth-order valence-electron chi connectivity index (χ4n) is 2.75. The summed E-state index contributed by atoms with van der Waals surface area (Å²) in [5, 5.41) is 0. The molecular weight excluding hydrogens is 240 g/mol. The summed E-state index contributed by atoms with van der Waals surface area (Å²) in [6.45, 7) is 3.33. The van der Waals surface area contributed by atoms with Gasteiger partial charge in [-0.2, -0.15) is 0 Å². The smallest absolute Gasteiger partial charge is 0.320 e. The topological polar surface area (TPSA) is 32.8 Å². The fourth-order valence-corrected chi connectivity index (χ4v) is 2.75. The van der Waals surface area contributed by atoms with Crippen LogP contribution in [0.3, 0.4) is 0 Å². The number of hydrogen-bond donors (Lipinski definition) is 0. The van der Waals surface area contributed by atoms with Crippen molar-refractivity contribution in [3.63, 3.8) is 0 Å². The molecule has 2 fully saturated rings. The van der Waals surface area contributed by atoms with Gasteiger partial charge in [0.25, 0.3) is 0 Å². The van der Waals surface area contributed by atoms with Crippen molar-refractivity contribution in [1.29, 1.82) is 0 Å². The zero-order chi connectivity index (χ0) is 13.1. The lowest BCUT2D eigenvalue weighted by Crippen LogP contribution is -2.41. The highest BCUT2D eigenvalue weighted by molar-refractivity contribution is 5.75. The van der Waals surface area contributed by atoms with Gasteiger partial charge in [-0.15, -0.1) is 0 Å². The Morgan fingerprint density at radius 3 is 2.63 bits per heavy atom. The Bertz CT molecular complexity index is 429. The van der Waals surface area contributed by atoms with Crippen molar-refractivity contribution < 1.29 is 9.53 Å². The molecule has 0 bridgehead atoms. The van der Waals surface area contributed by atoms with Crippen molar-refractivity contribution in [1.82, 2.24) is 9.80 Å². The molecule has 2 heterocycles. The van der Waals surface area contributed by atoms with E-state index in [1.165, 1.54) is 0 Å². The summed E-state index contributed by atoms with van der Waals surface area (Å²) in [5.41, 5.74) is 0. The van der Waals surface area contributed by atoms with Crippen LogP contribution in [0.5, 0.6) is 5.75 Å². The molecular formula is C15H19N2O2. The van der Waals surface area contributed by atoms with Gasteiger partial charge < -0.3 is 14.5 Å². The third-order valence-electron chi connectivity index (χ3n) is 3.78. The number of benzene rings is 1. The summed E-state index contributed by atoms with van der Waals surface area (Å²) < 4.78 is 5.89. The Balaban J connectivity index is 1.53. The molecule has 19 heavy (non-hydrogen) atoms. The summed E-state index contributed by atoms with van der Waals surface area (Å²) in [6.07, 6.45) is 3.31. The molecule has 0 spiro atoms. The highest BCUT2D eigenvalue weighted by Crippen LogP contribution is 2.20. The van der Waals surface area contributed by atoms with E-state index >= 15 is 0 Å². The highest BCUT2D eigenvalue weighted by Gasteiger charge is 2.31. The molecule has 0 N–H and O–H groups in total. The molecule has 3 rings (SSSR count). The minimum atomic E-state index is 0.119. The zero-order valence-corrected chi connectivity index (χ0v) is 11.0. The van der Waals surface area contributed by atoms with Crippen LogP contribution in [-0.4, -0.2) is 48.1 Å². The van der Waals surface area contributed by atoms with Crippen LogP contribution < -0.4 is 4.74 Å². The predicted octanol–water partition coefficient (Wildman–Crippen LogP) is 2.16. The Morgan fingerprint density at radius 2 is 1.89 bits per heavy atom. The van der Waals surface area contributed by atoms with E-state index in [9.17, 15) is 4.79 Å². The van der Waals surface area contributed by atoms with E-state index in [1.54, 1.807) is 0 Å². The average molecular weight is 259 g/mol. The molecule has 0 aromatic heterocycles. The van der Waals surface area contributed by atoms with E-state index in [2.05, 4.69) is 6.07 Å². The van der Waals surface area contributed by atoms with Crippen LogP contribution in [0.25, 0.3) is 0 Å². The standard InChI is InChI=1S/C15H19N2O2/c18-15(16-9-4-5-10-16)17-11-8-14(12-17)19-13-6-2-1-3-7-13/h2-3,6-7,14H,4-5,8-12H2. The molecule has 1 radical (unpaired) electrons. The molecule has 2 amide bonds. The van der Waals surface area contributed by atoms with Gasteiger partial charge in [-0.25, -0.2) is 4.79 Å². The van der Waals surface area contributed by atoms with Crippen LogP contribution in [0.1, 0.15) is 19.3 Å². The van der Waals surface area contributed by atoms with E-state index in [1.807, 2.05) is 34.1 Å². The van der Waals surface area contributed by atoms with Crippen molar-refractivity contribution in [3.8, 4) is 5.75 Å². The second-order valence-corrected chi connectivity index (χ2v) is 5.19. The van der Waals surface area contributed by atoms with E-state index in [0.717, 1.165) is 44.6 Å². The molecule has 2 aliphatic heterocycles.